The molecule has 1 aromatic heterocycles. The molecule has 0 saturated carbocycles. The lowest BCUT2D eigenvalue weighted by molar-refractivity contribution is -0.137. The minimum atomic E-state index is -4.48. The minimum absolute atomic E-state index is 0.0691. The molecule has 1 heterocycles. The van der Waals surface area contributed by atoms with Crippen molar-refractivity contribution in [2.24, 2.45) is 0 Å². The Hall–Kier alpha value is -2.88. The highest BCUT2D eigenvalue weighted by Gasteiger charge is 2.30. The van der Waals surface area contributed by atoms with Gasteiger partial charge in [0.1, 0.15) is 0 Å². The number of hydrogen-bond acceptors (Lipinski definition) is 5. The predicted octanol–water partition coefficient (Wildman–Crippen LogP) is 2.81. The number of aromatic hydroxyl groups is 1. The van der Waals surface area contributed by atoms with E-state index in [4.69, 9.17) is 10.1 Å². The number of nitrogens with one attached hydrogen (secondary N) is 3. The molecule has 0 saturated heterocycles. The van der Waals surface area contributed by atoms with Gasteiger partial charge < -0.3 is 15.2 Å². The van der Waals surface area contributed by atoms with E-state index in [0.29, 0.717) is 5.69 Å². The Kier molecular flexibility index (Phi) is 5.19. The van der Waals surface area contributed by atoms with E-state index in [9.17, 15) is 18.3 Å². The molecule has 0 amide bonds. The first kappa shape index (κ1) is 17.5. The molecular weight excluding hydrogens is 327 g/mol. The van der Waals surface area contributed by atoms with Crippen LogP contribution < -0.4 is 10.6 Å². The lowest BCUT2D eigenvalue weighted by Gasteiger charge is -2.12. The van der Waals surface area contributed by atoms with Crippen LogP contribution in [0.15, 0.2) is 30.3 Å². The summed E-state index contributed by atoms with van der Waals surface area (Å²) in [4.78, 5) is 7.67. The first-order valence-electron chi connectivity index (χ1n) is 6.63. The fourth-order valence-corrected chi connectivity index (χ4v) is 1.82. The zero-order valence-corrected chi connectivity index (χ0v) is 12.5. The number of hydrogen-bond donors (Lipinski definition) is 4. The molecule has 0 atom stereocenters. The van der Waals surface area contributed by atoms with E-state index in [0.717, 1.165) is 12.1 Å². The molecule has 0 aliphatic carbocycles. The van der Waals surface area contributed by atoms with E-state index < -0.39 is 11.7 Å². The number of anilines is 2. The highest BCUT2D eigenvalue weighted by atomic mass is 19.4. The quantitative estimate of drug-likeness (QED) is 0.504. The Labute approximate surface area is 135 Å². The zero-order chi connectivity index (χ0) is 17.7. The molecule has 2 aromatic rings. The highest BCUT2D eigenvalue weighted by molar-refractivity contribution is 6.00. The maximum Gasteiger partial charge on any atom is 0.416 e. The van der Waals surface area contributed by atoms with Crippen molar-refractivity contribution in [1.82, 2.24) is 9.97 Å². The molecule has 4 N–H and O–H groups in total. The molecule has 10 heteroatoms. The largest absolute Gasteiger partial charge is 0.493 e. The van der Waals surface area contributed by atoms with Gasteiger partial charge in [0.15, 0.2) is 5.96 Å². The number of halogens is 3. The van der Waals surface area contributed by atoms with Crippen molar-refractivity contribution in [3.05, 3.63) is 41.6 Å². The van der Waals surface area contributed by atoms with E-state index in [1.54, 1.807) is 0 Å². The van der Waals surface area contributed by atoms with Gasteiger partial charge in [0, 0.05) is 18.9 Å². The Balaban J connectivity index is 2.09. The first-order chi connectivity index (χ1) is 11.3. The van der Waals surface area contributed by atoms with E-state index in [-0.39, 0.29) is 30.1 Å². The zero-order valence-electron chi connectivity index (χ0n) is 12.5. The molecule has 0 unspecified atom stereocenters. The maximum absolute atomic E-state index is 12.7. The van der Waals surface area contributed by atoms with Gasteiger partial charge in [-0.15, -0.1) is 0 Å². The Morgan fingerprint density at radius 1 is 1.25 bits per heavy atom. The van der Waals surface area contributed by atoms with E-state index in [2.05, 4.69) is 20.6 Å². The van der Waals surface area contributed by atoms with Gasteiger partial charge in [0.05, 0.1) is 17.9 Å². The van der Waals surface area contributed by atoms with Gasteiger partial charge in [0.2, 0.25) is 11.8 Å². The molecule has 0 fully saturated rings. The average molecular weight is 341 g/mol. The number of guanidine groups is 1. The van der Waals surface area contributed by atoms with Crippen LogP contribution in [0.1, 0.15) is 11.3 Å². The second-order valence-electron chi connectivity index (χ2n) is 4.68. The summed E-state index contributed by atoms with van der Waals surface area (Å²) in [5.74, 6) is -0.777. The molecule has 24 heavy (non-hydrogen) atoms. The van der Waals surface area contributed by atoms with Crippen molar-refractivity contribution in [2.45, 2.75) is 12.8 Å². The molecule has 0 bridgehead atoms. The van der Waals surface area contributed by atoms with E-state index in [1.165, 1.54) is 25.3 Å². The molecular formula is C14H14F3N5O2. The summed E-state index contributed by atoms with van der Waals surface area (Å²) in [7, 11) is 1.45. The molecule has 0 aliphatic rings. The van der Waals surface area contributed by atoms with Crippen LogP contribution in [0.25, 0.3) is 0 Å². The van der Waals surface area contributed by atoms with E-state index >= 15 is 0 Å². The van der Waals surface area contributed by atoms with Crippen molar-refractivity contribution >= 4 is 17.6 Å². The summed E-state index contributed by atoms with van der Waals surface area (Å²) in [6.45, 7) is 0.124. The number of alkyl halides is 3. The van der Waals surface area contributed by atoms with Gasteiger partial charge in [-0.05, 0) is 18.2 Å². The lowest BCUT2D eigenvalue weighted by Crippen LogP contribution is -2.22. The lowest BCUT2D eigenvalue weighted by atomic mass is 10.2. The molecule has 2 rings (SSSR count). The SMILES string of the molecule is COCc1cc(O)nc(NC(=N)Nc2cccc(C(F)(F)F)c2)n1. The Bertz CT molecular complexity index is 737. The van der Waals surface area contributed by atoms with Crippen LogP contribution in [0.2, 0.25) is 0 Å². The number of aromatic nitrogens is 2. The average Bonchev–Trinajstić information content (AvgIpc) is 2.46. The van der Waals surface area contributed by atoms with Crippen molar-refractivity contribution in [1.29, 1.82) is 5.41 Å². The second-order valence-corrected chi connectivity index (χ2v) is 4.68. The van der Waals surface area contributed by atoms with Crippen LogP contribution in [0, 0.1) is 5.41 Å². The molecule has 128 valence electrons. The first-order valence-corrected chi connectivity index (χ1v) is 6.63. The van der Waals surface area contributed by atoms with Crippen molar-refractivity contribution in [3.8, 4) is 5.88 Å². The van der Waals surface area contributed by atoms with Crippen molar-refractivity contribution in [3.63, 3.8) is 0 Å². The summed E-state index contributed by atoms with van der Waals surface area (Å²) >= 11 is 0. The molecule has 7 nitrogen and oxygen atoms in total. The number of rotatable bonds is 4. The number of nitrogens with zero attached hydrogens (tertiary/aromatic N) is 2. The van der Waals surface area contributed by atoms with Gasteiger partial charge in [0.25, 0.3) is 0 Å². The normalized spacial score (nSPS) is 11.2. The van der Waals surface area contributed by atoms with Gasteiger partial charge in [-0.3, -0.25) is 10.7 Å². The van der Waals surface area contributed by atoms with Crippen LogP contribution in [-0.4, -0.2) is 28.1 Å². The number of benzene rings is 1. The highest BCUT2D eigenvalue weighted by Crippen LogP contribution is 2.30. The van der Waals surface area contributed by atoms with Gasteiger partial charge in [-0.25, -0.2) is 4.98 Å². The third kappa shape index (κ3) is 4.81. The van der Waals surface area contributed by atoms with Gasteiger partial charge in [-0.1, -0.05) is 6.07 Å². The smallest absolute Gasteiger partial charge is 0.416 e. The van der Waals surface area contributed by atoms with Crippen molar-refractivity contribution in [2.75, 3.05) is 17.7 Å². The van der Waals surface area contributed by atoms with Crippen LogP contribution in [-0.2, 0) is 17.5 Å². The summed E-state index contributed by atoms with van der Waals surface area (Å²) in [5.41, 5.74) is -0.393. The minimum Gasteiger partial charge on any atom is -0.493 e. The summed E-state index contributed by atoms with van der Waals surface area (Å²) in [5, 5.41) is 22.1. The summed E-state index contributed by atoms with van der Waals surface area (Å²) in [6, 6.07) is 5.69. The summed E-state index contributed by atoms with van der Waals surface area (Å²) < 4.78 is 42.8. The van der Waals surface area contributed by atoms with Crippen LogP contribution in [0.5, 0.6) is 5.88 Å². The predicted molar refractivity (Wildman–Crippen MR) is 80.8 cm³/mol. The van der Waals surface area contributed by atoms with Gasteiger partial charge in [-0.2, -0.15) is 18.2 Å². The fraction of sp³-hybridized carbons (Fsp3) is 0.214. The molecule has 0 aliphatic heterocycles. The second kappa shape index (κ2) is 7.13. The number of methoxy groups -OCH3 is 1. The molecule has 0 radical (unpaired) electrons. The van der Waals surface area contributed by atoms with Crippen LogP contribution in [0.4, 0.5) is 24.8 Å². The molecule has 0 spiro atoms. The monoisotopic (exact) mass is 341 g/mol. The number of ether oxygens (including phenoxy) is 1. The molecule has 1 aromatic carbocycles. The van der Waals surface area contributed by atoms with Crippen LogP contribution >= 0.6 is 0 Å². The van der Waals surface area contributed by atoms with E-state index in [1.807, 2.05) is 0 Å². The fourth-order valence-electron chi connectivity index (χ4n) is 1.82. The topological polar surface area (TPSA) is 103 Å². The summed E-state index contributed by atoms with van der Waals surface area (Å²) in [6.07, 6.45) is -4.48. The third-order valence-electron chi connectivity index (χ3n) is 2.75. The maximum atomic E-state index is 12.7. The van der Waals surface area contributed by atoms with Crippen LogP contribution in [0.3, 0.4) is 0 Å². The third-order valence-corrected chi connectivity index (χ3v) is 2.75. The standard InChI is InChI=1S/C14H14F3N5O2/c1-24-7-10-6-11(23)21-13(20-10)22-12(18)19-9-4-2-3-8(5-9)14(15,16)17/h2-6H,7H2,1H3,(H4,18,19,20,21,22,23). The van der Waals surface area contributed by atoms with Crippen molar-refractivity contribution < 1.29 is 23.0 Å². The Morgan fingerprint density at radius 3 is 2.67 bits per heavy atom. The van der Waals surface area contributed by atoms with Gasteiger partial charge >= 0.3 is 6.18 Å². The Morgan fingerprint density at radius 2 is 2.00 bits per heavy atom.